The molecule has 0 atom stereocenters. The second kappa shape index (κ2) is 5.69. The van der Waals surface area contributed by atoms with Gasteiger partial charge in [-0.2, -0.15) is 0 Å². The van der Waals surface area contributed by atoms with Gasteiger partial charge < -0.3 is 10.8 Å². The van der Waals surface area contributed by atoms with E-state index in [1.165, 1.54) is 16.8 Å². The number of nitrogens with two attached hydrogens (primary N) is 1. The maximum absolute atomic E-state index is 12.1. The Morgan fingerprint density at radius 3 is 2.45 bits per heavy atom. The van der Waals surface area contributed by atoms with Crippen LogP contribution in [0.4, 0.5) is 5.69 Å². The summed E-state index contributed by atoms with van der Waals surface area (Å²) < 4.78 is 1.49. The quantitative estimate of drug-likeness (QED) is 0.568. The molecular weight excluding hydrogens is 280 g/mol. The van der Waals surface area contributed by atoms with Gasteiger partial charge in [0.2, 0.25) is 0 Å². The zero-order valence-corrected chi connectivity index (χ0v) is 11.7. The van der Waals surface area contributed by atoms with Gasteiger partial charge in [-0.3, -0.25) is 4.79 Å². The molecule has 6 nitrogen and oxygen atoms in total. The first-order chi connectivity index (χ1) is 10.6. The summed E-state index contributed by atoms with van der Waals surface area (Å²) in [5.74, 6) is 0.0247. The molecule has 0 spiro atoms. The molecule has 2 aromatic carbocycles. The number of hydrogen-bond donors (Lipinski definition) is 2. The summed E-state index contributed by atoms with van der Waals surface area (Å²) in [5.41, 5.74) is 8.41. The van der Waals surface area contributed by atoms with Gasteiger partial charge in [0.25, 0.3) is 0 Å². The summed E-state index contributed by atoms with van der Waals surface area (Å²) >= 11 is 0. The van der Waals surface area contributed by atoms with Gasteiger partial charge in [0.05, 0.1) is 6.20 Å². The molecule has 0 aliphatic carbocycles. The van der Waals surface area contributed by atoms with Gasteiger partial charge in [0.15, 0.2) is 5.78 Å². The summed E-state index contributed by atoms with van der Waals surface area (Å²) in [6.45, 7) is 0.0900. The number of nitrogens with zero attached hydrogens (tertiary/aromatic N) is 3. The van der Waals surface area contributed by atoms with Crippen molar-refractivity contribution in [3.05, 3.63) is 60.3 Å². The SMILES string of the molecule is Nc1ccc(-c2cn(CC(=O)c3ccc(O)cc3)nn2)cc1. The number of nitrogen functional groups attached to an aromatic ring is 1. The summed E-state index contributed by atoms with van der Waals surface area (Å²) in [6, 6.07) is 13.4. The van der Waals surface area contributed by atoms with Gasteiger partial charge in [-0.15, -0.1) is 5.10 Å². The Bertz CT molecular complexity index is 792. The Balaban J connectivity index is 1.75. The molecule has 0 unspecified atom stereocenters. The molecule has 1 heterocycles. The van der Waals surface area contributed by atoms with Crippen LogP contribution in [0.15, 0.2) is 54.7 Å². The molecule has 3 aromatic rings. The minimum Gasteiger partial charge on any atom is -0.508 e. The third-order valence-electron chi connectivity index (χ3n) is 3.24. The molecule has 0 bridgehead atoms. The highest BCUT2D eigenvalue weighted by molar-refractivity contribution is 5.95. The van der Waals surface area contributed by atoms with Crippen molar-refractivity contribution in [2.75, 3.05) is 5.73 Å². The first-order valence-electron chi connectivity index (χ1n) is 6.70. The number of carbonyl (C=O) groups is 1. The monoisotopic (exact) mass is 294 g/mol. The maximum atomic E-state index is 12.1. The number of anilines is 1. The first kappa shape index (κ1) is 13.8. The van der Waals surface area contributed by atoms with Crippen LogP contribution >= 0.6 is 0 Å². The normalized spacial score (nSPS) is 10.5. The molecule has 0 aliphatic heterocycles. The van der Waals surface area contributed by atoms with Gasteiger partial charge in [0, 0.05) is 16.8 Å². The predicted molar refractivity (Wildman–Crippen MR) is 82.3 cm³/mol. The number of benzene rings is 2. The fourth-order valence-electron chi connectivity index (χ4n) is 2.05. The molecule has 22 heavy (non-hydrogen) atoms. The second-order valence-corrected chi connectivity index (χ2v) is 4.89. The van der Waals surface area contributed by atoms with Crippen LogP contribution < -0.4 is 5.73 Å². The Labute approximate surface area is 126 Å². The van der Waals surface area contributed by atoms with Crippen LogP contribution in [-0.4, -0.2) is 25.9 Å². The number of aromatic hydroxyl groups is 1. The number of rotatable bonds is 4. The van der Waals surface area contributed by atoms with Crippen molar-refractivity contribution in [3.8, 4) is 17.0 Å². The molecule has 3 N–H and O–H groups in total. The van der Waals surface area contributed by atoms with E-state index in [0.717, 1.165) is 5.56 Å². The van der Waals surface area contributed by atoms with E-state index in [4.69, 9.17) is 5.73 Å². The number of phenols is 1. The van der Waals surface area contributed by atoms with E-state index in [1.807, 2.05) is 12.1 Å². The van der Waals surface area contributed by atoms with Gasteiger partial charge in [-0.25, -0.2) is 4.68 Å². The summed E-state index contributed by atoms with van der Waals surface area (Å²) in [5, 5.41) is 17.2. The van der Waals surface area contributed by atoms with E-state index in [-0.39, 0.29) is 18.1 Å². The van der Waals surface area contributed by atoms with Gasteiger partial charge in [0.1, 0.15) is 18.0 Å². The zero-order valence-electron chi connectivity index (χ0n) is 11.7. The van der Waals surface area contributed by atoms with Crippen LogP contribution in [0.1, 0.15) is 10.4 Å². The highest BCUT2D eigenvalue weighted by Crippen LogP contribution is 2.18. The second-order valence-electron chi connectivity index (χ2n) is 4.89. The van der Waals surface area contributed by atoms with Gasteiger partial charge in [-0.1, -0.05) is 17.3 Å². The topological polar surface area (TPSA) is 94.0 Å². The van der Waals surface area contributed by atoms with Crippen molar-refractivity contribution >= 4 is 11.5 Å². The lowest BCUT2D eigenvalue weighted by Gasteiger charge is -2.01. The van der Waals surface area contributed by atoms with Crippen molar-refractivity contribution in [2.45, 2.75) is 6.54 Å². The van der Waals surface area contributed by atoms with Crippen LogP contribution in [0.2, 0.25) is 0 Å². The number of hydrogen-bond acceptors (Lipinski definition) is 5. The molecule has 0 saturated carbocycles. The van der Waals surface area contributed by atoms with E-state index < -0.39 is 0 Å². The van der Waals surface area contributed by atoms with E-state index in [9.17, 15) is 9.90 Å². The number of aromatic nitrogens is 3. The molecule has 3 rings (SSSR count). The standard InChI is InChI=1S/C16H14N4O2/c17-13-5-1-11(2-6-13)15-9-20(19-18-15)10-16(22)12-3-7-14(21)8-4-12/h1-9,21H,10,17H2. The molecule has 0 aliphatic rings. The lowest BCUT2D eigenvalue weighted by Crippen LogP contribution is -2.10. The number of phenolic OH excluding ortho intramolecular Hbond substituents is 1. The van der Waals surface area contributed by atoms with Crippen molar-refractivity contribution in [1.29, 1.82) is 0 Å². The van der Waals surface area contributed by atoms with E-state index in [1.54, 1.807) is 30.5 Å². The van der Waals surface area contributed by atoms with Crippen LogP contribution in [0.3, 0.4) is 0 Å². The Morgan fingerprint density at radius 1 is 1.09 bits per heavy atom. The molecule has 1 aromatic heterocycles. The van der Waals surface area contributed by atoms with Crippen molar-refractivity contribution in [2.24, 2.45) is 0 Å². The van der Waals surface area contributed by atoms with E-state index in [0.29, 0.717) is 16.9 Å². The minimum atomic E-state index is -0.103. The van der Waals surface area contributed by atoms with Crippen LogP contribution in [-0.2, 0) is 6.54 Å². The van der Waals surface area contributed by atoms with Crippen LogP contribution in [0.5, 0.6) is 5.75 Å². The Kier molecular flexibility index (Phi) is 3.57. The molecular formula is C16H14N4O2. The minimum absolute atomic E-state index is 0.0900. The zero-order chi connectivity index (χ0) is 15.5. The highest BCUT2D eigenvalue weighted by Gasteiger charge is 2.09. The summed E-state index contributed by atoms with van der Waals surface area (Å²) in [4.78, 5) is 12.1. The summed E-state index contributed by atoms with van der Waals surface area (Å²) in [6.07, 6.45) is 1.71. The molecule has 6 heteroatoms. The predicted octanol–water partition coefficient (Wildman–Crippen LogP) is 2.12. The Hall–Kier alpha value is -3.15. The average molecular weight is 294 g/mol. The molecule has 0 fully saturated rings. The van der Waals surface area contributed by atoms with E-state index >= 15 is 0 Å². The first-order valence-corrected chi connectivity index (χ1v) is 6.70. The molecule has 0 saturated heterocycles. The maximum Gasteiger partial charge on any atom is 0.184 e. The average Bonchev–Trinajstić information content (AvgIpc) is 2.97. The lowest BCUT2D eigenvalue weighted by molar-refractivity contribution is 0.0967. The third kappa shape index (κ3) is 2.95. The van der Waals surface area contributed by atoms with Gasteiger partial charge >= 0.3 is 0 Å². The number of ketones is 1. The van der Waals surface area contributed by atoms with Crippen molar-refractivity contribution in [3.63, 3.8) is 0 Å². The van der Waals surface area contributed by atoms with Crippen LogP contribution in [0, 0.1) is 0 Å². The number of carbonyl (C=O) groups excluding carboxylic acids is 1. The third-order valence-corrected chi connectivity index (χ3v) is 3.24. The van der Waals surface area contributed by atoms with Gasteiger partial charge in [-0.05, 0) is 36.4 Å². The fourth-order valence-corrected chi connectivity index (χ4v) is 2.05. The van der Waals surface area contributed by atoms with E-state index in [2.05, 4.69) is 10.3 Å². The smallest absolute Gasteiger partial charge is 0.184 e. The molecule has 0 radical (unpaired) electrons. The van der Waals surface area contributed by atoms with Crippen molar-refractivity contribution in [1.82, 2.24) is 15.0 Å². The van der Waals surface area contributed by atoms with Crippen molar-refractivity contribution < 1.29 is 9.90 Å². The Morgan fingerprint density at radius 2 is 1.77 bits per heavy atom. The summed E-state index contributed by atoms with van der Waals surface area (Å²) in [7, 11) is 0. The lowest BCUT2D eigenvalue weighted by atomic mass is 10.1. The molecule has 110 valence electrons. The molecule has 0 amide bonds. The fraction of sp³-hybridized carbons (Fsp3) is 0.0625. The van der Waals surface area contributed by atoms with Crippen LogP contribution in [0.25, 0.3) is 11.3 Å². The number of Topliss-reactive ketones (excluding diaryl/α,β-unsaturated/α-hetero) is 1. The largest absolute Gasteiger partial charge is 0.508 e. The highest BCUT2D eigenvalue weighted by atomic mass is 16.3.